The molecule has 0 aliphatic carbocycles. The molecule has 0 saturated carbocycles. The molecule has 26 heavy (non-hydrogen) atoms. The molecule has 1 aromatic carbocycles. The van der Waals surface area contributed by atoms with E-state index < -0.39 is 0 Å². The number of imidazole rings is 2. The van der Waals surface area contributed by atoms with Crippen molar-refractivity contribution in [2.45, 2.75) is 12.5 Å². The highest BCUT2D eigenvalue weighted by atomic mass is 19.1. The lowest BCUT2D eigenvalue weighted by molar-refractivity contribution is 0.343. The van der Waals surface area contributed by atoms with Gasteiger partial charge in [-0.1, -0.05) is 0 Å². The average molecular weight is 352 g/mol. The third-order valence-electron chi connectivity index (χ3n) is 4.71. The first kappa shape index (κ1) is 15.2. The minimum absolute atomic E-state index is 0.238. The molecule has 9 heteroatoms. The molecule has 0 bridgehead atoms. The number of fused-ring (bicyclic) bond motifs is 2. The molecule has 0 atom stereocenters. The first-order chi connectivity index (χ1) is 12.8. The molecule has 0 amide bonds. The van der Waals surface area contributed by atoms with Crippen molar-refractivity contribution in [2.24, 2.45) is 0 Å². The van der Waals surface area contributed by atoms with Crippen LogP contribution in [-0.4, -0.2) is 49.1 Å². The first-order valence-corrected chi connectivity index (χ1v) is 8.54. The van der Waals surface area contributed by atoms with Crippen molar-refractivity contribution in [1.82, 2.24) is 34.8 Å². The van der Waals surface area contributed by atoms with Gasteiger partial charge in [0.1, 0.15) is 23.5 Å². The Balaban J connectivity index is 1.41. The van der Waals surface area contributed by atoms with E-state index in [1.807, 2.05) is 0 Å². The fourth-order valence-corrected chi connectivity index (χ4v) is 3.35. The van der Waals surface area contributed by atoms with Gasteiger partial charge >= 0.3 is 0 Å². The van der Waals surface area contributed by atoms with Crippen LogP contribution in [0.25, 0.3) is 22.2 Å². The van der Waals surface area contributed by atoms with E-state index in [1.165, 1.54) is 12.4 Å². The topological polar surface area (TPSA) is 96.3 Å². The number of nitrogens with zero attached hydrogens (tertiary/aromatic N) is 5. The van der Waals surface area contributed by atoms with Crippen LogP contribution in [-0.2, 0) is 6.42 Å². The molecule has 8 nitrogen and oxygen atoms in total. The van der Waals surface area contributed by atoms with Gasteiger partial charge in [0.15, 0.2) is 11.5 Å². The van der Waals surface area contributed by atoms with E-state index in [0.717, 1.165) is 35.5 Å². The first-order valence-electron chi connectivity index (χ1n) is 8.54. The molecular weight excluding hydrogens is 335 g/mol. The summed E-state index contributed by atoms with van der Waals surface area (Å²) in [5.74, 6) is 1.42. The van der Waals surface area contributed by atoms with Crippen molar-refractivity contribution < 1.29 is 4.39 Å². The van der Waals surface area contributed by atoms with E-state index in [0.29, 0.717) is 30.5 Å². The Morgan fingerprint density at radius 2 is 2.15 bits per heavy atom. The maximum atomic E-state index is 13.7. The number of rotatable bonds is 5. The molecule has 5 rings (SSSR count). The molecule has 0 unspecified atom stereocenters. The number of H-pyrrole nitrogens is 1. The molecule has 132 valence electrons. The number of hydrogen-bond acceptors (Lipinski definition) is 6. The third-order valence-corrected chi connectivity index (χ3v) is 4.71. The predicted molar refractivity (Wildman–Crippen MR) is 95.5 cm³/mol. The second kappa shape index (κ2) is 6.03. The Hall–Kier alpha value is -3.07. The molecule has 1 fully saturated rings. The van der Waals surface area contributed by atoms with E-state index in [4.69, 9.17) is 4.98 Å². The van der Waals surface area contributed by atoms with E-state index in [-0.39, 0.29) is 5.82 Å². The number of anilines is 1. The van der Waals surface area contributed by atoms with Gasteiger partial charge in [-0.05, 0) is 18.2 Å². The highest BCUT2D eigenvalue weighted by molar-refractivity contribution is 5.82. The van der Waals surface area contributed by atoms with Crippen molar-refractivity contribution >= 4 is 28.0 Å². The molecular formula is C17H17FN8. The zero-order chi connectivity index (χ0) is 17.5. The molecule has 4 aromatic rings. The van der Waals surface area contributed by atoms with Crippen LogP contribution in [0.5, 0.6) is 0 Å². The minimum atomic E-state index is -0.238. The van der Waals surface area contributed by atoms with Crippen LogP contribution in [0, 0.1) is 5.82 Å². The summed E-state index contributed by atoms with van der Waals surface area (Å²) in [6, 6.07) is 5.07. The monoisotopic (exact) mass is 352 g/mol. The van der Waals surface area contributed by atoms with Crippen molar-refractivity contribution in [2.75, 3.05) is 25.0 Å². The van der Waals surface area contributed by atoms with Crippen molar-refractivity contribution in [3.8, 4) is 0 Å². The Morgan fingerprint density at radius 1 is 1.23 bits per heavy atom. The van der Waals surface area contributed by atoms with Crippen molar-refractivity contribution in [3.63, 3.8) is 0 Å². The predicted octanol–water partition coefficient (Wildman–Crippen LogP) is 1.64. The van der Waals surface area contributed by atoms with Crippen LogP contribution >= 0.6 is 0 Å². The minimum Gasteiger partial charge on any atom is -0.368 e. The van der Waals surface area contributed by atoms with Crippen LogP contribution in [0.2, 0.25) is 0 Å². The highest BCUT2D eigenvalue weighted by Crippen LogP contribution is 2.25. The largest absolute Gasteiger partial charge is 0.368 e. The van der Waals surface area contributed by atoms with Crippen LogP contribution in [0.4, 0.5) is 10.2 Å². The molecule has 1 saturated heterocycles. The summed E-state index contributed by atoms with van der Waals surface area (Å²) in [6.45, 7) is 2.41. The maximum Gasteiger partial charge on any atom is 0.182 e. The molecule has 0 spiro atoms. The van der Waals surface area contributed by atoms with E-state index in [9.17, 15) is 4.39 Å². The fourth-order valence-electron chi connectivity index (χ4n) is 3.35. The number of aromatic amines is 1. The van der Waals surface area contributed by atoms with Gasteiger partial charge < -0.3 is 20.2 Å². The highest BCUT2D eigenvalue weighted by Gasteiger charge is 2.24. The molecule has 1 aliphatic rings. The number of nitrogens with one attached hydrogen (secondary N) is 3. The van der Waals surface area contributed by atoms with Gasteiger partial charge in [-0.25, -0.2) is 24.3 Å². The molecule has 3 N–H and O–H groups in total. The van der Waals surface area contributed by atoms with Crippen LogP contribution in [0.3, 0.4) is 0 Å². The molecule has 1 aliphatic heterocycles. The van der Waals surface area contributed by atoms with Gasteiger partial charge in [0.25, 0.3) is 0 Å². The van der Waals surface area contributed by atoms with E-state index >= 15 is 0 Å². The Bertz CT molecular complexity index is 1080. The summed E-state index contributed by atoms with van der Waals surface area (Å²) in [5.41, 5.74) is 3.09. The summed E-state index contributed by atoms with van der Waals surface area (Å²) in [4.78, 5) is 20.3. The molecule has 4 heterocycles. The van der Waals surface area contributed by atoms with E-state index in [1.54, 1.807) is 18.5 Å². The average Bonchev–Trinajstić information content (AvgIpc) is 3.20. The van der Waals surface area contributed by atoms with E-state index in [2.05, 4.69) is 35.1 Å². The zero-order valence-electron chi connectivity index (χ0n) is 13.9. The third kappa shape index (κ3) is 2.48. The van der Waals surface area contributed by atoms with Gasteiger partial charge in [-0.3, -0.25) is 0 Å². The van der Waals surface area contributed by atoms with Gasteiger partial charge in [0.2, 0.25) is 0 Å². The second-order valence-corrected chi connectivity index (χ2v) is 6.34. The van der Waals surface area contributed by atoms with Crippen LogP contribution in [0.15, 0.2) is 30.9 Å². The second-order valence-electron chi connectivity index (χ2n) is 6.34. The van der Waals surface area contributed by atoms with Gasteiger partial charge in [0, 0.05) is 26.1 Å². The summed E-state index contributed by atoms with van der Waals surface area (Å²) in [7, 11) is 0. The fraction of sp³-hybridized carbons (Fsp3) is 0.294. The Kier molecular flexibility index (Phi) is 3.52. The Morgan fingerprint density at radius 3 is 3.00 bits per heavy atom. The standard InChI is InChI=1S/C17H17FN8/c18-10-1-2-12-13(5-10)26(11-6-19-7-11)14(25-12)3-4-20-16-15-17(22-8-21-15)24-9-23-16/h1-2,5,8-9,11,19H,3-4,6-7H2,(H2,20,21,22,23,24). The maximum absolute atomic E-state index is 13.7. The van der Waals surface area contributed by atoms with Crippen molar-refractivity contribution in [3.05, 3.63) is 42.5 Å². The number of hydrogen-bond donors (Lipinski definition) is 3. The lowest BCUT2D eigenvalue weighted by Crippen LogP contribution is -2.44. The van der Waals surface area contributed by atoms with Gasteiger partial charge in [-0.15, -0.1) is 0 Å². The van der Waals surface area contributed by atoms with Crippen molar-refractivity contribution in [1.29, 1.82) is 0 Å². The summed E-state index contributed by atoms with van der Waals surface area (Å²) in [6.07, 6.45) is 3.79. The molecule has 3 aromatic heterocycles. The summed E-state index contributed by atoms with van der Waals surface area (Å²) < 4.78 is 15.9. The van der Waals surface area contributed by atoms with Gasteiger partial charge in [-0.2, -0.15) is 0 Å². The SMILES string of the molecule is Fc1ccc2nc(CCNc3ncnc4nc[nH]c34)n(C3CNC3)c2c1. The number of aromatic nitrogens is 6. The quantitative estimate of drug-likeness (QED) is 0.505. The molecule has 0 radical (unpaired) electrons. The summed E-state index contributed by atoms with van der Waals surface area (Å²) in [5, 5.41) is 6.58. The number of halogens is 1. The summed E-state index contributed by atoms with van der Waals surface area (Å²) >= 11 is 0. The lowest BCUT2D eigenvalue weighted by Gasteiger charge is -2.30. The van der Waals surface area contributed by atoms with Crippen LogP contribution < -0.4 is 10.6 Å². The lowest BCUT2D eigenvalue weighted by atomic mass is 10.1. The zero-order valence-corrected chi connectivity index (χ0v) is 13.9. The number of benzene rings is 1. The smallest absolute Gasteiger partial charge is 0.182 e. The van der Waals surface area contributed by atoms with Crippen LogP contribution in [0.1, 0.15) is 11.9 Å². The van der Waals surface area contributed by atoms with Gasteiger partial charge in [0.05, 0.1) is 23.4 Å². The Labute approximate surface area is 147 Å². The normalized spacial score (nSPS) is 14.8.